The van der Waals surface area contributed by atoms with Gasteiger partial charge in [-0.15, -0.1) is 0 Å². The third-order valence-electron chi connectivity index (χ3n) is 16.8. The number of hydrogen-bond acceptors (Lipinski definition) is 11. The average Bonchev–Trinajstić information content (AvgIpc) is 1.97. The van der Waals surface area contributed by atoms with Gasteiger partial charge in [0.25, 0.3) is 11.8 Å². The van der Waals surface area contributed by atoms with E-state index in [-0.39, 0.29) is 73.6 Å². The molecule has 2 heterocycles. The predicted molar refractivity (Wildman–Crippen MR) is 334 cm³/mol. The maximum atomic E-state index is 14.9. The molecule has 4 aromatic rings. The molecule has 19 nitrogen and oxygen atoms in total. The fraction of sp³-hybridized carbons (Fsp3) is 0.463. The Bertz CT molecular complexity index is 3080. The van der Waals surface area contributed by atoms with Crippen LogP contribution in [0.15, 0.2) is 133 Å². The maximum absolute atomic E-state index is 14.9. The molecule has 2 saturated heterocycles. The van der Waals surface area contributed by atoms with Crippen LogP contribution in [0, 0.1) is 16.7 Å². The zero-order valence-corrected chi connectivity index (χ0v) is 51.7. The lowest BCUT2D eigenvalue weighted by molar-refractivity contribution is -0.144. The summed E-state index contributed by atoms with van der Waals surface area (Å²) in [4.78, 5) is 118. The summed E-state index contributed by atoms with van der Waals surface area (Å²) in [6.07, 6.45) is 7.17. The molecule has 7 rings (SSSR count). The summed E-state index contributed by atoms with van der Waals surface area (Å²) < 4.78 is 0. The molecule has 19 heteroatoms. The lowest BCUT2D eigenvalue weighted by Crippen LogP contribution is -2.59. The van der Waals surface area contributed by atoms with Crippen molar-refractivity contribution in [3.8, 4) is 0 Å². The Hall–Kier alpha value is -8.16. The van der Waals surface area contributed by atoms with E-state index in [0.717, 1.165) is 23.1 Å². The highest BCUT2D eigenvalue weighted by atomic mass is 16.2. The van der Waals surface area contributed by atoms with E-state index >= 15 is 0 Å². The van der Waals surface area contributed by atoms with Crippen LogP contribution in [0.5, 0.6) is 0 Å². The molecule has 1 aliphatic carbocycles. The highest BCUT2D eigenvalue weighted by Crippen LogP contribution is 2.35. The summed E-state index contributed by atoms with van der Waals surface area (Å²) in [6.45, 7) is 16.8. The smallest absolute Gasteiger partial charge is 0.251 e. The molecule has 86 heavy (non-hydrogen) atoms. The summed E-state index contributed by atoms with van der Waals surface area (Å²) in [6, 6.07) is 26.8. The van der Waals surface area contributed by atoms with Gasteiger partial charge >= 0.3 is 0 Å². The predicted octanol–water partition coefficient (Wildman–Crippen LogP) is 5.32. The molecule has 2 fully saturated rings. The number of carbonyl (C=O) groups excluding carboxylic acids is 8. The number of amides is 8. The molecule has 8 amide bonds. The summed E-state index contributed by atoms with van der Waals surface area (Å²) in [5, 5.41) is 24.0. The Labute approximate surface area is 506 Å². The molecule has 2 unspecified atom stereocenters. The molecule has 4 aromatic carbocycles. The quantitative estimate of drug-likeness (QED) is 0.0455. The van der Waals surface area contributed by atoms with Gasteiger partial charge in [0.1, 0.15) is 24.2 Å². The van der Waals surface area contributed by atoms with Gasteiger partial charge in [0.05, 0.1) is 12.1 Å². The zero-order valence-electron chi connectivity index (χ0n) is 51.7. The van der Waals surface area contributed by atoms with E-state index in [2.05, 4.69) is 61.6 Å². The van der Waals surface area contributed by atoms with Crippen LogP contribution in [0.4, 0.5) is 5.69 Å². The molecule has 10 atom stereocenters. The standard InChI is InChI=1S/C67H89N11O8/c1-40-23-21-22-30-51(40)53(45-28-19-14-20-29-45)37-72-63(84)55-35-50(39-78(55)65(86)57(67(7,8)9)76-59(80)42(3)70-11)74-61(82)47-31-46(32-48(68)33-47)60(81)73-49-34-54(77(38-49)64(85)56(66(4,5)6)75-58(79)41(2)69-10)62(83)71-36-52(43-24-15-12-16-25-43)44-26-17-13-18-27-44/h12-22,24-33,40-42,49-50,52-57,69-70H,23,34-39,68H2,1-11H3,(H,71,83)(H,72,84)(H,73,81)(H,74,82)(H,75,79)(H,76,80)/t40?,41-,42-,49-,50-,53?,54-,55-,56+,57+/m0/s1. The molecular formula is C67H89N11O8. The van der Waals surface area contributed by atoms with Gasteiger partial charge < -0.3 is 58.1 Å². The van der Waals surface area contributed by atoms with Gasteiger partial charge in [-0.3, -0.25) is 38.4 Å². The summed E-state index contributed by atoms with van der Waals surface area (Å²) >= 11 is 0. The monoisotopic (exact) mass is 1180 g/mol. The van der Waals surface area contributed by atoms with Crippen LogP contribution < -0.4 is 48.3 Å². The van der Waals surface area contributed by atoms with Crippen LogP contribution in [-0.2, 0) is 28.8 Å². The second-order valence-corrected chi connectivity index (χ2v) is 25.4. The molecule has 0 radical (unpaired) electrons. The van der Waals surface area contributed by atoms with Crippen LogP contribution in [-0.4, -0.2) is 146 Å². The first-order valence-electron chi connectivity index (χ1n) is 29.9. The van der Waals surface area contributed by atoms with Crippen molar-refractivity contribution in [2.75, 3.05) is 46.0 Å². The van der Waals surface area contributed by atoms with E-state index in [0.29, 0.717) is 0 Å². The van der Waals surface area contributed by atoms with Gasteiger partial charge in [-0.1, -0.05) is 163 Å². The Morgan fingerprint density at radius 1 is 0.570 bits per heavy atom. The number of hydrogen-bond donors (Lipinski definition) is 9. The number of anilines is 1. The van der Waals surface area contributed by atoms with Crippen molar-refractivity contribution in [3.63, 3.8) is 0 Å². The minimum absolute atomic E-state index is 0.0270. The molecule has 0 spiro atoms. The van der Waals surface area contributed by atoms with Crippen molar-refractivity contribution in [2.45, 2.75) is 142 Å². The summed E-state index contributed by atoms with van der Waals surface area (Å²) in [7, 11) is 3.29. The minimum Gasteiger partial charge on any atom is -0.399 e. The first-order chi connectivity index (χ1) is 40.8. The van der Waals surface area contributed by atoms with Gasteiger partial charge in [0.15, 0.2) is 0 Å². The number of nitrogens with two attached hydrogens (primary N) is 1. The number of likely N-dealkylation sites (tertiary alicyclic amines) is 2. The minimum atomic E-state index is -1.05. The number of nitrogens with one attached hydrogen (secondary N) is 8. The van der Waals surface area contributed by atoms with Gasteiger partial charge in [-0.2, -0.15) is 0 Å². The molecular weight excluding hydrogens is 1090 g/mol. The van der Waals surface area contributed by atoms with Gasteiger partial charge in [0.2, 0.25) is 35.4 Å². The Balaban J connectivity index is 1.12. The van der Waals surface area contributed by atoms with E-state index in [4.69, 9.17) is 5.73 Å². The molecule has 460 valence electrons. The summed E-state index contributed by atoms with van der Waals surface area (Å²) in [5.41, 5.74) is 9.17. The second kappa shape index (κ2) is 28.8. The van der Waals surface area contributed by atoms with Crippen LogP contribution in [0.3, 0.4) is 0 Å². The molecule has 2 aliphatic heterocycles. The number of nitrogens with zero attached hydrogens (tertiary/aromatic N) is 2. The van der Waals surface area contributed by atoms with Crippen LogP contribution >= 0.6 is 0 Å². The SMILES string of the molecule is CN[C@@H](C)C(=O)N[C@H](C(=O)N1C[C@@H](NC(=O)c2cc(N)cc(C(=O)N[C@H]3C[C@@H](C(=O)NCC(c4ccccc4)c4ccccc4)N(C(=O)[C@@H](NC(=O)[C@H](C)NC)C(C)(C)C)C3)c2)C[C@H]1C(=O)NCC(C1=CC=CCC1C)c1ccccc1)C(C)(C)C. The maximum Gasteiger partial charge on any atom is 0.251 e. The third-order valence-corrected chi connectivity index (χ3v) is 16.8. The Morgan fingerprint density at radius 2 is 0.953 bits per heavy atom. The van der Waals surface area contributed by atoms with Gasteiger partial charge in [-0.05, 0) is 98.8 Å². The largest absolute Gasteiger partial charge is 0.399 e. The number of benzene rings is 4. The second-order valence-electron chi connectivity index (χ2n) is 25.4. The molecule has 0 bridgehead atoms. The number of allylic oxidation sites excluding steroid dienone is 3. The number of likely N-dealkylation sites (N-methyl/N-ethyl adjacent to an activating group) is 2. The molecule has 0 saturated carbocycles. The van der Waals surface area contributed by atoms with E-state index < -0.39 is 106 Å². The number of nitrogen functional groups attached to an aromatic ring is 1. The fourth-order valence-corrected chi connectivity index (χ4v) is 11.5. The first-order valence-corrected chi connectivity index (χ1v) is 29.9. The van der Waals surface area contributed by atoms with Crippen molar-refractivity contribution in [1.29, 1.82) is 0 Å². The fourth-order valence-electron chi connectivity index (χ4n) is 11.5. The molecule has 3 aliphatic rings. The normalized spacial score (nSPS) is 20.4. The highest BCUT2D eigenvalue weighted by Gasteiger charge is 2.48. The van der Waals surface area contributed by atoms with E-state index in [9.17, 15) is 38.4 Å². The van der Waals surface area contributed by atoms with Crippen LogP contribution in [0.2, 0.25) is 0 Å². The Kier molecular flexibility index (Phi) is 21.9. The molecule has 0 aromatic heterocycles. The lowest BCUT2D eigenvalue weighted by atomic mass is 9.80. The lowest BCUT2D eigenvalue weighted by Gasteiger charge is -2.36. The van der Waals surface area contributed by atoms with Crippen LogP contribution in [0.1, 0.15) is 131 Å². The van der Waals surface area contributed by atoms with Gasteiger partial charge in [-0.25, -0.2) is 0 Å². The number of rotatable bonds is 22. The van der Waals surface area contributed by atoms with Gasteiger partial charge in [0, 0.05) is 66.9 Å². The van der Waals surface area contributed by atoms with Crippen molar-refractivity contribution in [1.82, 2.24) is 52.3 Å². The highest BCUT2D eigenvalue weighted by molar-refractivity contribution is 6.02. The summed E-state index contributed by atoms with van der Waals surface area (Å²) in [5.74, 6) is -4.03. The van der Waals surface area contributed by atoms with Crippen molar-refractivity contribution in [2.24, 2.45) is 16.7 Å². The van der Waals surface area contributed by atoms with E-state index in [1.165, 1.54) is 33.6 Å². The third kappa shape index (κ3) is 16.4. The Morgan fingerprint density at radius 3 is 1.33 bits per heavy atom. The zero-order chi connectivity index (χ0) is 62.6. The first kappa shape index (κ1) is 65.4. The van der Waals surface area contributed by atoms with Crippen molar-refractivity contribution < 1.29 is 38.4 Å². The van der Waals surface area contributed by atoms with Crippen LogP contribution in [0.25, 0.3) is 0 Å². The number of carbonyl (C=O) groups is 8. The van der Waals surface area contributed by atoms with Crippen molar-refractivity contribution in [3.05, 3.63) is 161 Å². The van der Waals surface area contributed by atoms with Crippen molar-refractivity contribution >= 4 is 52.9 Å². The average molecular weight is 1180 g/mol. The van der Waals surface area contributed by atoms with E-state index in [1.54, 1.807) is 27.9 Å². The van der Waals surface area contributed by atoms with E-state index in [1.807, 2.05) is 139 Å². The molecule has 10 N–H and O–H groups in total. The topological polar surface area (TPSA) is 265 Å².